The van der Waals surface area contributed by atoms with Gasteiger partial charge in [0.15, 0.2) is 0 Å². The fourth-order valence-corrected chi connectivity index (χ4v) is 4.78. The third-order valence-corrected chi connectivity index (χ3v) is 6.11. The summed E-state index contributed by atoms with van der Waals surface area (Å²) in [4.78, 5) is 29.8. The first-order valence-corrected chi connectivity index (χ1v) is 11.0. The Kier molecular flexibility index (Phi) is 5.40. The highest BCUT2D eigenvalue weighted by Gasteiger charge is 2.67. The van der Waals surface area contributed by atoms with Crippen molar-refractivity contribution in [1.29, 1.82) is 0 Å². The Labute approximate surface area is 194 Å². The molecule has 1 fully saturated rings. The lowest BCUT2D eigenvalue weighted by Crippen LogP contribution is -2.57. The van der Waals surface area contributed by atoms with Crippen molar-refractivity contribution in [1.82, 2.24) is 4.90 Å². The first kappa shape index (κ1) is 22.1. The van der Waals surface area contributed by atoms with E-state index in [1.54, 1.807) is 43.9 Å². The molecule has 1 atom stereocenters. The van der Waals surface area contributed by atoms with Gasteiger partial charge in [-0.05, 0) is 44.5 Å². The zero-order valence-electron chi connectivity index (χ0n) is 18.0. The van der Waals surface area contributed by atoms with Gasteiger partial charge in [-0.1, -0.05) is 46.3 Å². The van der Waals surface area contributed by atoms with Crippen LogP contribution in [0.15, 0.2) is 53.0 Å². The highest BCUT2D eigenvalue weighted by molar-refractivity contribution is 9.10. The van der Waals surface area contributed by atoms with E-state index in [9.17, 15) is 20.0 Å². The molecule has 2 aliphatic heterocycles. The first-order valence-electron chi connectivity index (χ1n) is 10.2. The maximum absolute atomic E-state index is 14.1. The van der Waals surface area contributed by atoms with Gasteiger partial charge in [0.25, 0.3) is 11.6 Å². The summed E-state index contributed by atoms with van der Waals surface area (Å²) in [5, 5.41) is 22.2. The Hall–Kier alpha value is -3.07. The number of carbonyl (C=O) groups excluding carboxylic acids is 2. The molecular formula is C23H24BrN3O5. The van der Waals surface area contributed by atoms with Crippen LogP contribution in [-0.4, -0.2) is 44.9 Å². The van der Waals surface area contributed by atoms with Gasteiger partial charge in [0.1, 0.15) is 5.60 Å². The molecule has 1 spiro atoms. The van der Waals surface area contributed by atoms with E-state index in [2.05, 4.69) is 15.9 Å². The van der Waals surface area contributed by atoms with Crippen molar-refractivity contribution in [2.45, 2.75) is 44.9 Å². The molecule has 0 saturated carbocycles. The molecule has 2 amide bonds. The number of benzene rings is 2. The minimum absolute atomic E-state index is 0.0378. The number of amides is 2. The van der Waals surface area contributed by atoms with Crippen molar-refractivity contribution in [3.05, 3.63) is 69.3 Å². The number of rotatable bonds is 2. The predicted molar refractivity (Wildman–Crippen MR) is 121 cm³/mol. The summed E-state index contributed by atoms with van der Waals surface area (Å²) >= 11 is 3.44. The van der Waals surface area contributed by atoms with Crippen molar-refractivity contribution >= 4 is 39.3 Å². The van der Waals surface area contributed by atoms with E-state index in [0.29, 0.717) is 15.7 Å². The standard InChI is InChI=1S/C23H24BrN3O5/c1-22(2,3)32-21(29)26-12-11-19(27(30)31)23(26)17-13-16(24)9-10-18(17)25(20(23)28)14-15-7-5-4-6-8-15/h4-10,13H,11-12,14H2,1-3H3,(H,30,31). The van der Waals surface area contributed by atoms with Gasteiger partial charge < -0.3 is 14.8 Å². The number of ether oxygens (including phenoxy) is 1. The molecule has 1 unspecified atom stereocenters. The Bertz CT molecular complexity index is 1110. The van der Waals surface area contributed by atoms with Crippen LogP contribution in [0.5, 0.6) is 0 Å². The van der Waals surface area contributed by atoms with Gasteiger partial charge in [0.2, 0.25) is 5.54 Å². The fraction of sp³-hybridized carbons (Fsp3) is 0.348. The van der Waals surface area contributed by atoms with Crippen molar-refractivity contribution in [3.8, 4) is 0 Å². The maximum Gasteiger partial charge on any atom is 0.411 e. The molecule has 2 heterocycles. The van der Waals surface area contributed by atoms with E-state index in [-0.39, 0.29) is 30.1 Å². The lowest BCUT2D eigenvalue weighted by molar-refractivity contribution is -0.728. The van der Waals surface area contributed by atoms with Crippen LogP contribution >= 0.6 is 15.9 Å². The number of nitrogens with zero attached hydrogens (tertiary/aromatic N) is 3. The Balaban J connectivity index is 1.91. The highest BCUT2D eigenvalue weighted by atomic mass is 79.9. The van der Waals surface area contributed by atoms with E-state index >= 15 is 0 Å². The van der Waals surface area contributed by atoms with Crippen molar-refractivity contribution in [3.63, 3.8) is 0 Å². The number of hydrogen-bond acceptors (Lipinski definition) is 5. The van der Waals surface area contributed by atoms with E-state index in [1.165, 1.54) is 4.90 Å². The molecule has 2 aliphatic rings. The van der Waals surface area contributed by atoms with E-state index in [1.807, 2.05) is 30.3 Å². The molecular weight excluding hydrogens is 478 g/mol. The third-order valence-electron chi connectivity index (χ3n) is 5.62. The number of carbonyl (C=O) groups is 2. The molecule has 0 bridgehead atoms. The molecule has 8 nitrogen and oxygen atoms in total. The smallest absolute Gasteiger partial charge is 0.411 e. The lowest BCUT2D eigenvalue weighted by atomic mass is 9.87. The number of anilines is 1. The van der Waals surface area contributed by atoms with Gasteiger partial charge in [-0.2, -0.15) is 0 Å². The summed E-state index contributed by atoms with van der Waals surface area (Å²) in [6.45, 7) is 5.49. The summed E-state index contributed by atoms with van der Waals surface area (Å²) < 4.78 is 6.25. The van der Waals surface area contributed by atoms with Gasteiger partial charge >= 0.3 is 6.09 Å². The molecule has 1 N–H and O–H groups in total. The third kappa shape index (κ3) is 3.50. The first-order chi connectivity index (χ1) is 15.1. The van der Waals surface area contributed by atoms with Crippen LogP contribution in [0.2, 0.25) is 0 Å². The normalized spacial score (nSPS) is 21.8. The quantitative estimate of drug-likeness (QED) is 0.378. The molecule has 0 aromatic heterocycles. The average Bonchev–Trinajstić information content (AvgIpc) is 3.22. The SMILES string of the molecule is CC(C)(C)OC(=O)N1CC/C(=[N+](\[O-])O)C12C(=O)N(Cc1ccccc1)c1ccc(Br)cc12. The number of hydrogen-bond donors (Lipinski definition) is 1. The van der Waals surface area contributed by atoms with Gasteiger partial charge in [0.05, 0.1) is 18.7 Å². The zero-order valence-corrected chi connectivity index (χ0v) is 19.6. The van der Waals surface area contributed by atoms with Crippen molar-refractivity contribution < 1.29 is 24.4 Å². The zero-order chi connectivity index (χ0) is 23.3. The number of halogens is 1. The summed E-state index contributed by atoms with van der Waals surface area (Å²) in [5.41, 5.74) is -0.797. The average molecular weight is 502 g/mol. The second-order valence-electron chi connectivity index (χ2n) is 8.85. The second kappa shape index (κ2) is 7.81. The fourth-order valence-electron chi connectivity index (χ4n) is 4.42. The van der Waals surface area contributed by atoms with Crippen LogP contribution < -0.4 is 4.90 Å². The summed E-state index contributed by atoms with van der Waals surface area (Å²) in [5.74, 6) is -0.484. The molecule has 0 radical (unpaired) electrons. The van der Waals surface area contributed by atoms with Crippen LogP contribution in [0.4, 0.5) is 10.5 Å². The van der Waals surface area contributed by atoms with Crippen molar-refractivity contribution in [2.24, 2.45) is 0 Å². The van der Waals surface area contributed by atoms with Crippen molar-refractivity contribution in [2.75, 3.05) is 11.4 Å². The van der Waals surface area contributed by atoms with Crippen LogP contribution in [-0.2, 0) is 21.6 Å². The molecule has 9 heteroatoms. The molecule has 2 aromatic rings. The maximum atomic E-state index is 14.1. The topological polar surface area (TPSA) is 96.1 Å². The van der Waals surface area contributed by atoms with Crippen LogP contribution in [0, 0.1) is 5.21 Å². The number of likely N-dealkylation sites (tertiary alicyclic amines) is 1. The van der Waals surface area contributed by atoms with Gasteiger partial charge in [-0.15, -0.1) is 0 Å². The summed E-state index contributed by atoms with van der Waals surface area (Å²) in [6.07, 6.45) is -0.689. The highest BCUT2D eigenvalue weighted by Crippen LogP contribution is 2.50. The Morgan fingerprint density at radius 3 is 2.56 bits per heavy atom. The molecule has 2 aromatic carbocycles. The molecule has 168 valence electrons. The molecule has 32 heavy (non-hydrogen) atoms. The van der Waals surface area contributed by atoms with E-state index in [4.69, 9.17) is 4.74 Å². The number of fused-ring (bicyclic) bond motifs is 2. The largest absolute Gasteiger partial charge is 0.444 e. The van der Waals surface area contributed by atoms with E-state index < -0.39 is 23.1 Å². The van der Waals surface area contributed by atoms with Gasteiger partial charge in [-0.25, -0.2) is 4.79 Å². The van der Waals surface area contributed by atoms with Gasteiger partial charge in [-0.3, -0.25) is 14.9 Å². The Morgan fingerprint density at radius 1 is 1.25 bits per heavy atom. The minimum atomic E-state index is -1.78. The van der Waals surface area contributed by atoms with Crippen LogP contribution in [0.3, 0.4) is 0 Å². The molecule has 1 saturated heterocycles. The summed E-state index contributed by atoms with van der Waals surface area (Å²) in [6, 6.07) is 14.7. The van der Waals surface area contributed by atoms with Crippen LogP contribution in [0.1, 0.15) is 38.3 Å². The lowest BCUT2D eigenvalue weighted by Gasteiger charge is -2.33. The second-order valence-corrected chi connectivity index (χ2v) is 9.77. The molecule has 4 rings (SSSR count). The Morgan fingerprint density at radius 2 is 1.94 bits per heavy atom. The monoisotopic (exact) mass is 501 g/mol. The summed E-state index contributed by atoms with van der Waals surface area (Å²) in [7, 11) is 0. The molecule has 0 aliphatic carbocycles. The van der Waals surface area contributed by atoms with Crippen LogP contribution in [0.25, 0.3) is 0 Å². The van der Waals surface area contributed by atoms with Gasteiger partial charge in [0, 0.05) is 21.5 Å². The predicted octanol–water partition coefficient (Wildman–Crippen LogP) is 4.17. The van der Waals surface area contributed by atoms with E-state index in [0.717, 1.165) is 5.56 Å². The minimum Gasteiger partial charge on any atom is -0.444 e.